The molecule has 0 aliphatic carbocycles. The predicted molar refractivity (Wildman–Crippen MR) is 63.1 cm³/mol. The molecule has 1 aromatic carbocycles. The van der Waals surface area contributed by atoms with Crippen molar-refractivity contribution in [1.82, 2.24) is 10.6 Å². The maximum absolute atomic E-state index is 13.4. The van der Waals surface area contributed by atoms with Crippen molar-refractivity contribution in [2.75, 3.05) is 0 Å². The molecule has 0 spiro atoms. The first-order valence-corrected chi connectivity index (χ1v) is 5.54. The number of carbonyl (C=O) groups excluding carboxylic acids is 2. The molecule has 21 heavy (non-hydrogen) atoms. The lowest BCUT2D eigenvalue weighted by atomic mass is 10.1. The molecule has 1 aliphatic rings. The van der Waals surface area contributed by atoms with Crippen molar-refractivity contribution >= 4 is 35.2 Å². The second kappa shape index (κ2) is 5.20. The summed E-state index contributed by atoms with van der Waals surface area (Å²) in [6.45, 7) is 0. The van der Waals surface area contributed by atoms with Crippen LogP contribution in [0.3, 0.4) is 0 Å². The zero-order valence-corrected chi connectivity index (χ0v) is 10.5. The zero-order chi connectivity index (χ0) is 15.9. The van der Waals surface area contributed by atoms with Gasteiger partial charge in [-0.15, -0.1) is 0 Å². The molecule has 1 aromatic rings. The van der Waals surface area contributed by atoms with E-state index in [1.54, 1.807) is 0 Å². The van der Waals surface area contributed by atoms with Crippen LogP contribution in [0.25, 0.3) is 6.08 Å². The molecular formula is C11H3F5N2O2S. The first-order valence-electron chi connectivity index (χ1n) is 5.13. The molecule has 0 aromatic heterocycles. The molecule has 2 rings (SSSR count). The van der Waals surface area contributed by atoms with E-state index in [2.05, 4.69) is 12.2 Å². The van der Waals surface area contributed by atoms with Gasteiger partial charge in [0.1, 0.15) is 5.57 Å². The number of hydrogen-bond donors (Lipinski definition) is 2. The summed E-state index contributed by atoms with van der Waals surface area (Å²) in [5.41, 5.74) is -2.26. The van der Waals surface area contributed by atoms with E-state index in [1.807, 2.05) is 10.6 Å². The van der Waals surface area contributed by atoms with Crippen LogP contribution in [0.4, 0.5) is 22.0 Å². The molecule has 2 N–H and O–H groups in total. The van der Waals surface area contributed by atoms with Gasteiger partial charge >= 0.3 is 0 Å². The van der Waals surface area contributed by atoms with Gasteiger partial charge < -0.3 is 0 Å². The molecule has 110 valence electrons. The van der Waals surface area contributed by atoms with Crippen molar-refractivity contribution in [2.45, 2.75) is 0 Å². The first kappa shape index (κ1) is 15.0. The number of amides is 2. The Balaban J connectivity index is 2.63. The highest BCUT2D eigenvalue weighted by Crippen LogP contribution is 2.25. The second-order valence-corrected chi connectivity index (χ2v) is 4.19. The molecule has 0 saturated carbocycles. The minimum Gasteiger partial charge on any atom is -0.299 e. The third-order valence-electron chi connectivity index (χ3n) is 2.48. The van der Waals surface area contributed by atoms with Crippen LogP contribution in [0.15, 0.2) is 5.57 Å². The Labute approximate surface area is 118 Å². The van der Waals surface area contributed by atoms with Gasteiger partial charge in [-0.2, -0.15) is 0 Å². The molecule has 4 nitrogen and oxygen atoms in total. The Kier molecular flexibility index (Phi) is 3.73. The van der Waals surface area contributed by atoms with Crippen LogP contribution < -0.4 is 10.6 Å². The predicted octanol–water partition coefficient (Wildman–Crippen LogP) is 1.30. The van der Waals surface area contributed by atoms with Gasteiger partial charge in [-0.05, 0) is 18.3 Å². The lowest BCUT2D eigenvalue weighted by molar-refractivity contribution is -0.123. The summed E-state index contributed by atoms with van der Waals surface area (Å²) in [5, 5.41) is 3.54. The van der Waals surface area contributed by atoms with Crippen molar-refractivity contribution in [2.24, 2.45) is 0 Å². The lowest BCUT2D eigenvalue weighted by Gasteiger charge is -2.16. The van der Waals surface area contributed by atoms with Crippen LogP contribution in [0, 0.1) is 29.1 Å². The summed E-state index contributed by atoms with van der Waals surface area (Å²) >= 11 is 4.48. The number of carbonyl (C=O) groups is 2. The van der Waals surface area contributed by atoms with Crippen molar-refractivity contribution in [3.63, 3.8) is 0 Å². The molecule has 0 atom stereocenters. The number of rotatable bonds is 1. The van der Waals surface area contributed by atoms with Crippen LogP contribution in [-0.4, -0.2) is 16.9 Å². The van der Waals surface area contributed by atoms with Gasteiger partial charge in [0, 0.05) is 0 Å². The Morgan fingerprint density at radius 2 is 1.14 bits per heavy atom. The van der Waals surface area contributed by atoms with Gasteiger partial charge in [0.25, 0.3) is 11.8 Å². The third-order valence-corrected chi connectivity index (χ3v) is 2.68. The molecule has 1 aliphatic heterocycles. The summed E-state index contributed by atoms with van der Waals surface area (Å²) in [7, 11) is 0. The van der Waals surface area contributed by atoms with Crippen LogP contribution in [-0.2, 0) is 9.59 Å². The number of thiocarbonyl (C=S) groups is 1. The molecule has 1 saturated heterocycles. The van der Waals surface area contributed by atoms with Gasteiger partial charge in [-0.25, -0.2) is 22.0 Å². The van der Waals surface area contributed by atoms with Crippen LogP contribution in [0.1, 0.15) is 5.56 Å². The van der Waals surface area contributed by atoms with E-state index in [1.165, 1.54) is 0 Å². The molecule has 10 heteroatoms. The van der Waals surface area contributed by atoms with Crippen LogP contribution >= 0.6 is 12.2 Å². The largest absolute Gasteiger partial charge is 0.299 e. The quantitative estimate of drug-likeness (QED) is 0.205. The standard InChI is InChI=1S/C11H3F5N2O2S/c12-4-2(5(13)7(15)8(16)6(4)14)1-3-9(19)17-11(21)18-10(3)20/h1H,(H2,17,18,19,20,21). The van der Waals surface area contributed by atoms with E-state index >= 15 is 0 Å². The number of benzene rings is 1. The Hall–Kier alpha value is -2.36. The van der Waals surface area contributed by atoms with Gasteiger partial charge in [0.05, 0.1) is 5.56 Å². The van der Waals surface area contributed by atoms with Crippen LogP contribution in [0.2, 0.25) is 0 Å². The Morgan fingerprint density at radius 1 is 0.762 bits per heavy atom. The minimum absolute atomic E-state index is 0.253. The van der Waals surface area contributed by atoms with E-state index < -0.39 is 52.0 Å². The summed E-state index contributed by atoms with van der Waals surface area (Å²) in [6, 6.07) is 0. The van der Waals surface area contributed by atoms with Gasteiger partial charge in [0.2, 0.25) is 5.82 Å². The highest BCUT2D eigenvalue weighted by molar-refractivity contribution is 7.80. The van der Waals surface area contributed by atoms with E-state index in [9.17, 15) is 31.5 Å². The van der Waals surface area contributed by atoms with Crippen molar-refractivity contribution in [1.29, 1.82) is 0 Å². The molecule has 2 amide bonds. The number of nitrogens with one attached hydrogen (secondary N) is 2. The summed E-state index contributed by atoms with van der Waals surface area (Å²) in [5.74, 6) is -13.3. The van der Waals surface area contributed by atoms with E-state index in [4.69, 9.17) is 0 Å². The number of hydrogen-bond acceptors (Lipinski definition) is 3. The maximum atomic E-state index is 13.4. The van der Waals surface area contributed by atoms with Gasteiger partial charge in [-0.1, -0.05) is 0 Å². The average molecular weight is 322 g/mol. The second-order valence-electron chi connectivity index (χ2n) is 3.78. The van der Waals surface area contributed by atoms with Crippen molar-refractivity contribution < 1.29 is 31.5 Å². The fourth-order valence-electron chi connectivity index (χ4n) is 1.50. The molecule has 0 bridgehead atoms. The summed E-state index contributed by atoms with van der Waals surface area (Å²) in [6.07, 6.45) is 0.253. The molecule has 0 unspecified atom stereocenters. The Morgan fingerprint density at radius 3 is 1.57 bits per heavy atom. The van der Waals surface area contributed by atoms with Crippen molar-refractivity contribution in [3.8, 4) is 0 Å². The van der Waals surface area contributed by atoms with E-state index in [0.29, 0.717) is 0 Å². The fourth-order valence-corrected chi connectivity index (χ4v) is 1.68. The smallest absolute Gasteiger partial charge is 0.263 e. The highest BCUT2D eigenvalue weighted by atomic mass is 32.1. The average Bonchev–Trinajstić information content (AvgIpc) is 2.41. The number of halogens is 5. The molecular weight excluding hydrogens is 319 g/mol. The van der Waals surface area contributed by atoms with E-state index in [0.717, 1.165) is 0 Å². The van der Waals surface area contributed by atoms with Crippen molar-refractivity contribution in [3.05, 3.63) is 40.2 Å². The SMILES string of the molecule is O=C1NC(=S)NC(=O)C1=Cc1c(F)c(F)c(F)c(F)c1F. The van der Waals surface area contributed by atoms with E-state index in [-0.39, 0.29) is 11.2 Å². The Bertz CT molecular complexity index is 681. The third kappa shape index (κ3) is 2.49. The highest BCUT2D eigenvalue weighted by Gasteiger charge is 2.29. The van der Waals surface area contributed by atoms with Gasteiger partial charge in [0.15, 0.2) is 28.4 Å². The van der Waals surface area contributed by atoms with Gasteiger partial charge in [-0.3, -0.25) is 20.2 Å². The first-order chi connectivity index (χ1) is 9.73. The molecule has 0 radical (unpaired) electrons. The van der Waals surface area contributed by atoms with Crippen LogP contribution in [0.5, 0.6) is 0 Å². The summed E-state index contributed by atoms with van der Waals surface area (Å²) in [4.78, 5) is 22.9. The molecule has 1 heterocycles. The zero-order valence-electron chi connectivity index (χ0n) is 9.69. The normalized spacial score (nSPS) is 14.9. The fraction of sp³-hybridized carbons (Fsp3) is 0. The minimum atomic E-state index is -2.34. The summed E-state index contributed by atoms with van der Waals surface area (Å²) < 4.78 is 65.7. The maximum Gasteiger partial charge on any atom is 0.263 e. The topological polar surface area (TPSA) is 58.2 Å². The lowest BCUT2D eigenvalue weighted by Crippen LogP contribution is -2.51. The molecule has 1 fully saturated rings. The monoisotopic (exact) mass is 322 g/mol.